The fourth-order valence-corrected chi connectivity index (χ4v) is 5.88. The highest BCUT2D eigenvalue weighted by atomic mass is 16.5. The third-order valence-corrected chi connectivity index (χ3v) is 6.36. The Hall–Kier alpha value is -2.04. The SMILES string of the molecule is O=C(COc1ccccc1)NC(C(=O)O)C12CC3CC(CC(C3)C1)C2. The summed E-state index contributed by atoms with van der Waals surface area (Å²) in [5, 5.41) is 12.6. The maximum atomic E-state index is 12.3. The van der Waals surface area contributed by atoms with Crippen LogP contribution < -0.4 is 10.1 Å². The monoisotopic (exact) mass is 343 g/mol. The lowest BCUT2D eigenvalue weighted by Gasteiger charge is -2.58. The van der Waals surface area contributed by atoms with E-state index in [1.54, 1.807) is 12.1 Å². The van der Waals surface area contributed by atoms with Crippen molar-refractivity contribution >= 4 is 11.9 Å². The van der Waals surface area contributed by atoms with Crippen molar-refractivity contribution in [3.05, 3.63) is 30.3 Å². The maximum absolute atomic E-state index is 12.3. The van der Waals surface area contributed by atoms with Crippen molar-refractivity contribution in [2.45, 2.75) is 44.6 Å². The van der Waals surface area contributed by atoms with Crippen LogP contribution in [0.25, 0.3) is 0 Å². The molecule has 2 N–H and O–H groups in total. The van der Waals surface area contributed by atoms with Crippen LogP contribution in [0.4, 0.5) is 0 Å². The third-order valence-electron chi connectivity index (χ3n) is 6.36. The van der Waals surface area contributed by atoms with Gasteiger partial charge in [-0.2, -0.15) is 0 Å². The summed E-state index contributed by atoms with van der Waals surface area (Å²) in [5.41, 5.74) is -0.261. The van der Waals surface area contributed by atoms with Crippen molar-refractivity contribution < 1.29 is 19.4 Å². The molecule has 0 spiro atoms. The summed E-state index contributed by atoms with van der Waals surface area (Å²) in [4.78, 5) is 24.3. The van der Waals surface area contributed by atoms with Crippen molar-refractivity contribution in [2.24, 2.45) is 23.2 Å². The second-order valence-electron chi connectivity index (χ2n) is 8.22. The average Bonchev–Trinajstić information content (AvgIpc) is 2.57. The highest BCUT2D eigenvalue weighted by molar-refractivity contribution is 5.85. The molecule has 0 aliphatic heterocycles. The van der Waals surface area contributed by atoms with Gasteiger partial charge in [0.1, 0.15) is 11.8 Å². The smallest absolute Gasteiger partial charge is 0.326 e. The molecule has 4 fully saturated rings. The van der Waals surface area contributed by atoms with Crippen LogP contribution in [0.1, 0.15) is 38.5 Å². The number of ether oxygens (including phenoxy) is 1. The van der Waals surface area contributed by atoms with Crippen molar-refractivity contribution in [1.82, 2.24) is 5.32 Å². The Labute approximate surface area is 147 Å². The lowest BCUT2D eigenvalue weighted by molar-refractivity contribution is -0.154. The minimum Gasteiger partial charge on any atom is -0.484 e. The van der Waals surface area contributed by atoms with E-state index in [1.807, 2.05) is 18.2 Å². The number of hydrogen-bond acceptors (Lipinski definition) is 3. The zero-order valence-corrected chi connectivity index (χ0v) is 14.3. The van der Waals surface area contributed by atoms with Gasteiger partial charge in [0.15, 0.2) is 6.61 Å². The van der Waals surface area contributed by atoms with E-state index in [-0.39, 0.29) is 17.9 Å². The number of rotatable bonds is 6. The molecule has 134 valence electrons. The molecule has 1 amide bonds. The first-order chi connectivity index (χ1) is 12.0. The van der Waals surface area contributed by atoms with Gasteiger partial charge in [0, 0.05) is 5.41 Å². The van der Waals surface area contributed by atoms with Crippen LogP contribution in [0, 0.1) is 23.2 Å². The molecule has 1 unspecified atom stereocenters. The van der Waals surface area contributed by atoms with Gasteiger partial charge in [-0.05, 0) is 68.4 Å². The van der Waals surface area contributed by atoms with Crippen LogP contribution in [-0.2, 0) is 9.59 Å². The zero-order valence-electron chi connectivity index (χ0n) is 14.3. The second kappa shape index (κ2) is 6.36. The van der Waals surface area contributed by atoms with Crippen LogP contribution in [0.15, 0.2) is 30.3 Å². The molecule has 0 radical (unpaired) electrons. The molecule has 0 saturated heterocycles. The molecule has 0 aromatic heterocycles. The highest BCUT2D eigenvalue weighted by Crippen LogP contribution is 2.61. The standard InChI is InChI=1S/C20H25NO4/c22-17(12-25-16-4-2-1-3-5-16)21-18(19(23)24)20-9-13-6-14(10-20)8-15(7-13)11-20/h1-5,13-15,18H,6-12H2,(H,21,22)(H,23,24). The number of carboxylic acid groups (broad SMARTS) is 1. The third kappa shape index (κ3) is 3.24. The minimum absolute atomic E-state index is 0.153. The van der Waals surface area contributed by atoms with E-state index in [2.05, 4.69) is 5.32 Å². The summed E-state index contributed by atoms with van der Waals surface area (Å²) in [7, 11) is 0. The molecule has 1 aromatic rings. The molecule has 4 aliphatic rings. The van der Waals surface area contributed by atoms with Crippen LogP contribution >= 0.6 is 0 Å². The van der Waals surface area contributed by atoms with Crippen LogP contribution in [0.5, 0.6) is 5.75 Å². The number of carbonyl (C=O) groups excluding carboxylic acids is 1. The topological polar surface area (TPSA) is 75.6 Å². The molecule has 5 rings (SSSR count). The quantitative estimate of drug-likeness (QED) is 0.833. The summed E-state index contributed by atoms with van der Waals surface area (Å²) >= 11 is 0. The largest absolute Gasteiger partial charge is 0.484 e. The molecular formula is C20H25NO4. The Kier molecular flexibility index (Phi) is 4.18. The Morgan fingerprint density at radius 2 is 1.64 bits per heavy atom. The van der Waals surface area contributed by atoms with E-state index in [4.69, 9.17) is 4.74 Å². The van der Waals surface area contributed by atoms with Gasteiger partial charge in [-0.3, -0.25) is 4.79 Å². The Balaban J connectivity index is 1.43. The molecule has 1 aromatic carbocycles. The predicted octanol–water partition coefficient (Wildman–Crippen LogP) is 2.85. The van der Waals surface area contributed by atoms with Gasteiger partial charge < -0.3 is 15.2 Å². The number of nitrogens with one attached hydrogen (secondary N) is 1. The van der Waals surface area contributed by atoms with E-state index < -0.39 is 12.0 Å². The molecule has 5 nitrogen and oxygen atoms in total. The summed E-state index contributed by atoms with van der Waals surface area (Å²) in [6.07, 6.45) is 6.56. The van der Waals surface area contributed by atoms with Gasteiger partial charge in [-0.15, -0.1) is 0 Å². The average molecular weight is 343 g/mol. The molecule has 4 bridgehead atoms. The first-order valence-electron chi connectivity index (χ1n) is 9.24. The van der Waals surface area contributed by atoms with Gasteiger partial charge in [0.25, 0.3) is 5.91 Å². The van der Waals surface area contributed by atoms with E-state index in [1.165, 1.54) is 19.3 Å². The van der Waals surface area contributed by atoms with E-state index in [9.17, 15) is 14.7 Å². The number of benzene rings is 1. The number of amides is 1. The van der Waals surface area contributed by atoms with Gasteiger partial charge in [0.05, 0.1) is 0 Å². The van der Waals surface area contributed by atoms with Gasteiger partial charge in [-0.1, -0.05) is 18.2 Å². The lowest BCUT2D eigenvalue weighted by atomic mass is 9.47. The number of hydrogen-bond donors (Lipinski definition) is 2. The molecule has 5 heteroatoms. The summed E-state index contributed by atoms with van der Waals surface area (Å²) in [5.74, 6) is 1.28. The van der Waals surface area contributed by atoms with Crippen LogP contribution in [0.2, 0.25) is 0 Å². The van der Waals surface area contributed by atoms with E-state index in [0.29, 0.717) is 23.5 Å². The molecule has 4 saturated carbocycles. The Morgan fingerprint density at radius 3 is 2.16 bits per heavy atom. The lowest BCUT2D eigenvalue weighted by Crippen LogP contribution is -2.60. The molecule has 1 atom stereocenters. The summed E-state index contributed by atoms with van der Waals surface area (Å²) in [6.45, 7) is -0.153. The number of para-hydroxylation sites is 1. The second-order valence-corrected chi connectivity index (χ2v) is 8.22. The first kappa shape index (κ1) is 16.4. The molecule has 25 heavy (non-hydrogen) atoms. The van der Waals surface area contributed by atoms with Crippen LogP contribution in [0.3, 0.4) is 0 Å². The normalized spacial score (nSPS) is 33.7. The maximum Gasteiger partial charge on any atom is 0.326 e. The Morgan fingerprint density at radius 1 is 1.08 bits per heavy atom. The molecule has 0 heterocycles. The first-order valence-corrected chi connectivity index (χ1v) is 9.24. The van der Waals surface area contributed by atoms with Crippen molar-refractivity contribution in [3.63, 3.8) is 0 Å². The minimum atomic E-state index is -0.907. The molecular weight excluding hydrogens is 318 g/mol. The molecule has 4 aliphatic carbocycles. The fourth-order valence-electron chi connectivity index (χ4n) is 5.88. The Bertz CT molecular complexity index is 622. The number of carboxylic acids is 1. The van der Waals surface area contributed by atoms with Gasteiger partial charge in [-0.25, -0.2) is 4.79 Å². The van der Waals surface area contributed by atoms with Crippen molar-refractivity contribution in [3.8, 4) is 5.75 Å². The summed E-state index contributed by atoms with van der Waals surface area (Å²) < 4.78 is 5.46. The zero-order chi connectivity index (χ0) is 17.4. The number of carbonyl (C=O) groups is 2. The van der Waals surface area contributed by atoms with Gasteiger partial charge in [0.2, 0.25) is 0 Å². The van der Waals surface area contributed by atoms with Gasteiger partial charge >= 0.3 is 5.97 Å². The number of aliphatic carboxylic acids is 1. The highest BCUT2D eigenvalue weighted by Gasteiger charge is 2.56. The fraction of sp³-hybridized carbons (Fsp3) is 0.600. The van der Waals surface area contributed by atoms with E-state index in [0.717, 1.165) is 19.3 Å². The van der Waals surface area contributed by atoms with E-state index >= 15 is 0 Å². The van der Waals surface area contributed by atoms with Crippen molar-refractivity contribution in [1.29, 1.82) is 0 Å². The van der Waals surface area contributed by atoms with Crippen LogP contribution in [-0.4, -0.2) is 29.6 Å². The predicted molar refractivity (Wildman–Crippen MR) is 92.1 cm³/mol. The summed E-state index contributed by atoms with van der Waals surface area (Å²) in [6, 6.07) is 8.31. The van der Waals surface area contributed by atoms with Crippen molar-refractivity contribution in [2.75, 3.05) is 6.61 Å².